The summed E-state index contributed by atoms with van der Waals surface area (Å²) >= 11 is 0. The molecule has 2 rings (SSSR count). The number of esters is 1. The fraction of sp³-hybridized carbons (Fsp3) is 0.350. The van der Waals surface area contributed by atoms with Crippen LogP contribution in [0.15, 0.2) is 36.4 Å². The number of carbonyl (C=O) groups excluding carboxylic acids is 1. The average Bonchev–Trinajstić information content (AvgIpc) is 2.57. The summed E-state index contributed by atoms with van der Waals surface area (Å²) in [5, 5.41) is 0. The number of methoxy groups -OCH3 is 1. The molecule has 0 aromatic heterocycles. The Kier molecular flexibility index (Phi) is 5.80. The predicted molar refractivity (Wildman–Crippen MR) is 93.1 cm³/mol. The van der Waals surface area contributed by atoms with Gasteiger partial charge >= 0.3 is 5.97 Å². The number of aryl methyl sites for hydroxylation is 1. The van der Waals surface area contributed by atoms with E-state index in [1.165, 1.54) is 11.1 Å². The van der Waals surface area contributed by atoms with Crippen molar-refractivity contribution in [2.24, 2.45) is 0 Å². The van der Waals surface area contributed by atoms with Crippen molar-refractivity contribution in [3.05, 3.63) is 53.1 Å². The van der Waals surface area contributed by atoms with Gasteiger partial charge in [0, 0.05) is 0 Å². The van der Waals surface area contributed by atoms with Gasteiger partial charge in [0.25, 0.3) is 0 Å². The Labute approximate surface area is 138 Å². The molecule has 2 aromatic carbocycles. The minimum atomic E-state index is -0.285. The lowest BCUT2D eigenvalue weighted by Gasteiger charge is -2.13. The predicted octanol–water partition coefficient (Wildman–Crippen LogP) is 4.80. The van der Waals surface area contributed by atoms with Crippen LogP contribution in [0.3, 0.4) is 0 Å². The summed E-state index contributed by atoms with van der Waals surface area (Å²) in [7, 11) is 1.70. The Hall–Kier alpha value is -2.29. The van der Waals surface area contributed by atoms with Crippen molar-refractivity contribution < 1.29 is 14.3 Å². The number of rotatable bonds is 6. The Morgan fingerprint density at radius 1 is 1.04 bits per heavy atom. The smallest absolute Gasteiger partial charge is 0.338 e. The summed E-state index contributed by atoms with van der Waals surface area (Å²) in [5.41, 5.74) is 5.24. The first-order valence-electron chi connectivity index (χ1n) is 8.05. The van der Waals surface area contributed by atoms with Gasteiger partial charge in [-0.15, -0.1) is 0 Å². The number of hydrogen-bond acceptors (Lipinski definition) is 3. The lowest BCUT2D eigenvalue weighted by atomic mass is 9.96. The third kappa shape index (κ3) is 3.92. The topological polar surface area (TPSA) is 35.5 Å². The summed E-state index contributed by atoms with van der Waals surface area (Å²) in [4.78, 5) is 11.7. The van der Waals surface area contributed by atoms with Gasteiger partial charge in [-0.25, -0.2) is 4.79 Å². The highest BCUT2D eigenvalue weighted by atomic mass is 16.5. The number of hydrogen-bond donors (Lipinski definition) is 0. The molecule has 0 heterocycles. The Bertz CT molecular complexity index is 672. The molecule has 2 aromatic rings. The van der Waals surface area contributed by atoms with E-state index in [1.54, 1.807) is 26.2 Å². The first kappa shape index (κ1) is 17.1. The molecule has 3 heteroatoms. The summed E-state index contributed by atoms with van der Waals surface area (Å²) in [6, 6.07) is 11.8. The molecule has 0 N–H and O–H groups in total. The van der Waals surface area contributed by atoms with Crippen LogP contribution in [0.25, 0.3) is 11.1 Å². The standard InChI is InChI=1S/C20H24O3/c1-5-7-17-12-18(13-19(22-4)14(17)3)15-8-10-16(11-9-15)20(21)23-6-2/h8-13H,5-7H2,1-4H3. The number of ether oxygens (including phenoxy) is 2. The van der Waals surface area contributed by atoms with Crippen LogP contribution in [0.2, 0.25) is 0 Å². The highest BCUT2D eigenvalue weighted by molar-refractivity contribution is 5.90. The minimum Gasteiger partial charge on any atom is -0.496 e. The van der Waals surface area contributed by atoms with E-state index in [9.17, 15) is 4.79 Å². The second-order valence-corrected chi connectivity index (χ2v) is 5.51. The molecule has 0 amide bonds. The molecule has 0 radical (unpaired) electrons. The van der Waals surface area contributed by atoms with E-state index >= 15 is 0 Å². The molecular formula is C20H24O3. The number of benzene rings is 2. The molecule has 0 saturated carbocycles. The number of carbonyl (C=O) groups is 1. The van der Waals surface area contributed by atoms with E-state index in [2.05, 4.69) is 19.9 Å². The summed E-state index contributed by atoms with van der Waals surface area (Å²) in [6.45, 7) is 6.46. The van der Waals surface area contributed by atoms with Crippen molar-refractivity contribution in [1.82, 2.24) is 0 Å². The first-order valence-corrected chi connectivity index (χ1v) is 8.05. The fourth-order valence-corrected chi connectivity index (χ4v) is 2.67. The lowest BCUT2D eigenvalue weighted by molar-refractivity contribution is 0.0526. The SMILES string of the molecule is CCCc1cc(-c2ccc(C(=O)OCC)cc2)cc(OC)c1C. The molecule has 0 atom stereocenters. The molecule has 23 heavy (non-hydrogen) atoms. The van der Waals surface area contributed by atoms with E-state index in [0.29, 0.717) is 12.2 Å². The lowest BCUT2D eigenvalue weighted by Crippen LogP contribution is -2.04. The van der Waals surface area contributed by atoms with Crippen LogP contribution >= 0.6 is 0 Å². The largest absolute Gasteiger partial charge is 0.496 e. The maximum atomic E-state index is 11.7. The van der Waals surface area contributed by atoms with Crippen molar-refractivity contribution in [2.75, 3.05) is 13.7 Å². The van der Waals surface area contributed by atoms with Crippen LogP contribution in [0, 0.1) is 6.92 Å². The van der Waals surface area contributed by atoms with Crippen LogP contribution < -0.4 is 4.74 Å². The van der Waals surface area contributed by atoms with Gasteiger partial charge < -0.3 is 9.47 Å². The average molecular weight is 312 g/mol. The van der Waals surface area contributed by atoms with Crippen molar-refractivity contribution in [3.63, 3.8) is 0 Å². The molecule has 0 saturated heterocycles. The third-order valence-electron chi connectivity index (χ3n) is 3.94. The van der Waals surface area contributed by atoms with Crippen LogP contribution in [0.4, 0.5) is 0 Å². The molecular weight excluding hydrogens is 288 g/mol. The van der Waals surface area contributed by atoms with E-state index in [4.69, 9.17) is 9.47 Å². The molecule has 0 fully saturated rings. The monoisotopic (exact) mass is 312 g/mol. The molecule has 0 aliphatic carbocycles. The van der Waals surface area contributed by atoms with Gasteiger partial charge in [0.2, 0.25) is 0 Å². The van der Waals surface area contributed by atoms with Crippen molar-refractivity contribution in [1.29, 1.82) is 0 Å². The maximum Gasteiger partial charge on any atom is 0.338 e. The molecule has 122 valence electrons. The van der Waals surface area contributed by atoms with Gasteiger partial charge in [-0.05, 0) is 60.7 Å². The van der Waals surface area contributed by atoms with Crippen molar-refractivity contribution >= 4 is 5.97 Å². The normalized spacial score (nSPS) is 10.4. The first-order chi connectivity index (χ1) is 11.1. The van der Waals surface area contributed by atoms with E-state index < -0.39 is 0 Å². The van der Waals surface area contributed by atoms with Crippen LogP contribution in [-0.4, -0.2) is 19.7 Å². The highest BCUT2D eigenvalue weighted by Crippen LogP contribution is 2.31. The van der Waals surface area contributed by atoms with Gasteiger partial charge in [-0.3, -0.25) is 0 Å². The Morgan fingerprint density at radius 2 is 1.74 bits per heavy atom. The summed E-state index contributed by atoms with van der Waals surface area (Å²) < 4.78 is 10.5. The van der Waals surface area contributed by atoms with Gasteiger partial charge in [0.15, 0.2) is 0 Å². The van der Waals surface area contributed by atoms with Gasteiger partial charge in [-0.1, -0.05) is 31.5 Å². The van der Waals surface area contributed by atoms with E-state index in [-0.39, 0.29) is 5.97 Å². The summed E-state index contributed by atoms with van der Waals surface area (Å²) in [5.74, 6) is 0.618. The van der Waals surface area contributed by atoms with Crippen LogP contribution in [0.1, 0.15) is 41.8 Å². The molecule has 3 nitrogen and oxygen atoms in total. The molecule has 0 aliphatic heterocycles. The van der Waals surface area contributed by atoms with Gasteiger partial charge in [0.05, 0.1) is 19.3 Å². The van der Waals surface area contributed by atoms with Crippen molar-refractivity contribution in [2.45, 2.75) is 33.6 Å². The maximum absolute atomic E-state index is 11.7. The molecule has 0 bridgehead atoms. The van der Waals surface area contributed by atoms with E-state index in [0.717, 1.165) is 29.7 Å². The molecule has 0 aliphatic rings. The molecule has 0 unspecified atom stereocenters. The quantitative estimate of drug-likeness (QED) is 0.719. The Morgan fingerprint density at radius 3 is 2.30 bits per heavy atom. The van der Waals surface area contributed by atoms with Gasteiger partial charge in [-0.2, -0.15) is 0 Å². The van der Waals surface area contributed by atoms with Crippen LogP contribution in [-0.2, 0) is 11.2 Å². The van der Waals surface area contributed by atoms with Crippen molar-refractivity contribution in [3.8, 4) is 16.9 Å². The zero-order chi connectivity index (χ0) is 16.8. The molecule has 0 spiro atoms. The third-order valence-corrected chi connectivity index (χ3v) is 3.94. The summed E-state index contributed by atoms with van der Waals surface area (Å²) in [6.07, 6.45) is 2.12. The van der Waals surface area contributed by atoms with Crippen LogP contribution in [0.5, 0.6) is 5.75 Å². The Balaban J connectivity index is 2.37. The zero-order valence-electron chi connectivity index (χ0n) is 14.3. The fourth-order valence-electron chi connectivity index (χ4n) is 2.67. The van der Waals surface area contributed by atoms with E-state index in [1.807, 2.05) is 18.2 Å². The zero-order valence-corrected chi connectivity index (χ0v) is 14.3. The highest BCUT2D eigenvalue weighted by Gasteiger charge is 2.10. The minimum absolute atomic E-state index is 0.285. The van der Waals surface area contributed by atoms with Gasteiger partial charge in [0.1, 0.15) is 5.75 Å². The second kappa shape index (κ2) is 7.82. The second-order valence-electron chi connectivity index (χ2n) is 5.51.